The molecule has 0 radical (unpaired) electrons. The van der Waals surface area contributed by atoms with Crippen LogP contribution in [0.4, 0.5) is 0 Å². The predicted octanol–water partition coefficient (Wildman–Crippen LogP) is 2.83. The van der Waals surface area contributed by atoms with Gasteiger partial charge in [0.1, 0.15) is 0 Å². The molecule has 1 amide bonds. The summed E-state index contributed by atoms with van der Waals surface area (Å²) < 4.78 is 27.6. The molecule has 0 spiro atoms. The minimum atomic E-state index is -3.92. The minimum absolute atomic E-state index is 0.00706. The maximum Gasteiger partial charge on any atom is 0.261 e. The van der Waals surface area contributed by atoms with Gasteiger partial charge in [0.25, 0.3) is 9.05 Å². The average molecular weight is 361 g/mol. The number of hydrogen-bond donors (Lipinski definition) is 1. The van der Waals surface area contributed by atoms with Crippen molar-refractivity contribution in [1.82, 2.24) is 5.32 Å². The number of nitrogens with one attached hydrogen (secondary N) is 1. The average Bonchev–Trinajstić information content (AvgIpc) is 2.31. The quantitative estimate of drug-likeness (QED) is 0.792. The monoisotopic (exact) mass is 359 g/mol. The Morgan fingerprint density at radius 2 is 1.85 bits per heavy atom. The second-order valence-corrected chi connectivity index (χ2v) is 7.09. The molecular formula is C11H12Cl3NO4S. The van der Waals surface area contributed by atoms with E-state index in [0.717, 1.165) is 12.1 Å². The SMILES string of the molecule is CCNC(=O)CCOc1c(Cl)cc(S(=O)(=O)Cl)cc1Cl. The summed E-state index contributed by atoms with van der Waals surface area (Å²) >= 11 is 11.8. The molecule has 0 saturated heterocycles. The molecule has 0 aliphatic rings. The van der Waals surface area contributed by atoms with Gasteiger partial charge in [0, 0.05) is 17.2 Å². The first kappa shape index (κ1) is 17.4. The largest absolute Gasteiger partial charge is 0.490 e. The molecule has 0 atom stereocenters. The highest BCUT2D eigenvalue weighted by Gasteiger charge is 2.17. The summed E-state index contributed by atoms with van der Waals surface area (Å²) in [5, 5.41) is 2.62. The Balaban J connectivity index is 2.80. The molecule has 0 saturated carbocycles. The smallest absolute Gasteiger partial charge is 0.261 e. The molecule has 112 valence electrons. The van der Waals surface area contributed by atoms with Crippen molar-refractivity contribution >= 4 is 48.8 Å². The summed E-state index contributed by atoms with van der Waals surface area (Å²) in [6, 6.07) is 2.27. The maximum atomic E-state index is 11.2. The van der Waals surface area contributed by atoms with Crippen LogP contribution in [0.1, 0.15) is 13.3 Å². The third-order valence-electron chi connectivity index (χ3n) is 2.20. The van der Waals surface area contributed by atoms with Crippen molar-refractivity contribution in [3.8, 4) is 5.75 Å². The number of rotatable bonds is 6. The Morgan fingerprint density at radius 3 is 2.30 bits per heavy atom. The molecule has 0 fully saturated rings. The normalized spacial score (nSPS) is 11.2. The van der Waals surface area contributed by atoms with Crippen molar-refractivity contribution in [1.29, 1.82) is 0 Å². The Morgan fingerprint density at radius 1 is 1.30 bits per heavy atom. The highest BCUT2D eigenvalue weighted by Crippen LogP contribution is 2.36. The lowest BCUT2D eigenvalue weighted by Crippen LogP contribution is -2.24. The number of halogens is 3. The zero-order valence-electron chi connectivity index (χ0n) is 10.5. The van der Waals surface area contributed by atoms with E-state index in [2.05, 4.69) is 5.32 Å². The van der Waals surface area contributed by atoms with Gasteiger partial charge in [0.05, 0.1) is 28.0 Å². The molecule has 0 aliphatic carbocycles. The van der Waals surface area contributed by atoms with Crippen LogP contribution in [0, 0.1) is 0 Å². The lowest BCUT2D eigenvalue weighted by atomic mass is 10.3. The van der Waals surface area contributed by atoms with Crippen molar-refractivity contribution in [3.05, 3.63) is 22.2 Å². The van der Waals surface area contributed by atoms with Gasteiger partial charge >= 0.3 is 0 Å². The van der Waals surface area contributed by atoms with E-state index in [0.29, 0.717) is 6.54 Å². The van der Waals surface area contributed by atoms with Crippen molar-refractivity contribution < 1.29 is 17.9 Å². The Hall–Kier alpha value is -0.690. The van der Waals surface area contributed by atoms with E-state index in [-0.39, 0.29) is 39.6 Å². The topological polar surface area (TPSA) is 72.5 Å². The molecule has 0 heterocycles. The standard InChI is InChI=1S/C11H12Cl3NO4S/c1-2-15-10(16)3-4-19-11-8(12)5-7(6-9(11)13)20(14,17)18/h5-6H,2-4H2,1H3,(H,15,16). The molecule has 1 aromatic carbocycles. The Bertz CT molecular complexity index is 581. The lowest BCUT2D eigenvalue weighted by Gasteiger charge is -2.10. The van der Waals surface area contributed by atoms with E-state index in [1.807, 2.05) is 0 Å². The van der Waals surface area contributed by atoms with E-state index in [1.54, 1.807) is 6.92 Å². The van der Waals surface area contributed by atoms with Crippen LogP contribution < -0.4 is 10.1 Å². The number of hydrogen-bond acceptors (Lipinski definition) is 4. The fourth-order valence-electron chi connectivity index (χ4n) is 1.35. The number of amides is 1. The van der Waals surface area contributed by atoms with E-state index in [4.69, 9.17) is 38.6 Å². The van der Waals surface area contributed by atoms with E-state index >= 15 is 0 Å². The Kier molecular flexibility index (Phi) is 6.39. The second-order valence-electron chi connectivity index (χ2n) is 3.71. The van der Waals surface area contributed by atoms with Crippen LogP contribution in [0.2, 0.25) is 10.0 Å². The number of benzene rings is 1. The fourth-order valence-corrected chi connectivity index (χ4v) is 2.86. The van der Waals surface area contributed by atoms with Crippen molar-refractivity contribution in [2.45, 2.75) is 18.2 Å². The third-order valence-corrected chi connectivity index (χ3v) is 4.10. The predicted molar refractivity (Wildman–Crippen MR) is 78.3 cm³/mol. The third kappa shape index (κ3) is 5.01. The van der Waals surface area contributed by atoms with Crippen LogP contribution in [-0.4, -0.2) is 27.5 Å². The summed E-state index contributed by atoms with van der Waals surface area (Å²) in [5.41, 5.74) is 0. The van der Waals surface area contributed by atoms with Gasteiger partial charge in [-0.2, -0.15) is 0 Å². The minimum Gasteiger partial charge on any atom is -0.490 e. The molecule has 1 aromatic rings. The van der Waals surface area contributed by atoms with Crippen LogP contribution in [0.15, 0.2) is 17.0 Å². The van der Waals surface area contributed by atoms with Crippen LogP contribution in [0.3, 0.4) is 0 Å². The summed E-state index contributed by atoms with van der Waals surface area (Å²) in [6.45, 7) is 2.40. The molecule has 0 aliphatic heterocycles. The molecule has 0 unspecified atom stereocenters. The van der Waals surface area contributed by atoms with Gasteiger partial charge in [-0.25, -0.2) is 8.42 Å². The van der Waals surface area contributed by atoms with Gasteiger partial charge in [-0.15, -0.1) is 0 Å². The molecule has 20 heavy (non-hydrogen) atoms. The highest BCUT2D eigenvalue weighted by molar-refractivity contribution is 8.13. The summed E-state index contributed by atoms with van der Waals surface area (Å²) in [5.74, 6) is -0.0543. The van der Waals surface area contributed by atoms with Crippen molar-refractivity contribution in [2.75, 3.05) is 13.2 Å². The zero-order chi connectivity index (χ0) is 15.3. The first-order chi connectivity index (χ1) is 9.25. The molecular weight excluding hydrogens is 349 g/mol. The van der Waals surface area contributed by atoms with Gasteiger partial charge in [-0.1, -0.05) is 23.2 Å². The molecule has 1 rings (SSSR count). The van der Waals surface area contributed by atoms with Crippen LogP contribution in [-0.2, 0) is 13.8 Å². The Labute approximate surface area is 131 Å². The fraction of sp³-hybridized carbons (Fsp3) is 0.364. The first-order valence-electron chi connectivity index (χ1n) is 5.59. The lowest BCUT2D eigenvalue weighted by molar-refractivity contribution is -0.121. The van der Waals surface area contributed by atoms with Gasteiger partial charge < -0.3 is 10.1 Å². The van der Waals surface area contributed by atoms with E-state index in [1.165, 1.54) is 0 Å². The van der Waals surface area contributed by atoms with Gasteiger partial charge in [0.2, 0.25) is 5.91 Å². The van der Waals surface area contributed by atoms with Gasteiger partial charge in [-0.3, -0.25) is 4.79 Å². The molecule has 0 aromatic heterocycles. The first-order valence-corrected chi connectivity index (χ1v) is 8.65. The van der Waals surface area contributed by atoms with Crippen molar-refractivity contribution in [3.63, 3.8) is 0 Å². The van der Waals surface area contributed by atoms with Crippen LogP contribution in [0.25, 0.3) is 0 Å². The van der Waals surface area contributed by atoms with Gasteiger partial charge in [0.15, 0.2) is 5.75 Å². The molecule has 1 N–H and O–H groups in total. The van der Waals surface area contributed by atoms with Crippen LogP contribution in [0.5, 0.6) is 5.75 Å². The highest BCUT2D eigenvalue weighted by atomic mass is 35.7. The number of ether oxygens (including phenoxy) is 1. The zero-order valence-corrected chi connectivity index (χ0v) is 13.5. The van der Waals surface area contributed by atoms with E-state index < -0.39 is 9.05 Å². The number of carbonyl (C=O) groups is 1. The summed E-state index contributed by atoms with van der Waals surface area (Å²) in [6.07, 6.45) is 0.135. The van der Waals surface area contributed by atoms with Crippen molar-refractivity contribution in [2.24, 2.45) is 0 Å². The second kappa shape index (κ2) is 7.36. The maximum absolute atomic E-state index is 11.2. The number of carbonyl (C=O) groups excluding carboxylic acids is 1. The molecule has 5 nitrogen and oxygen atoms in total. The summed E-state index contributed by atoms with van der Waals surface area (Å²) in [4.78, 5) is 11.0. The molecule has 0 bridgehead atoms. The van der Waals surface area contributed by atoms with Gasteiger partial charge in [-0.05, 0) is 19.1 Å². The van der Waals surface area contributed by atoms with Crippen LogP contribution >= 0.6 is 33.9 Å². The van der Waals surface area contributed by atoms with E-state index in [9.17, 15) is 13.2 Å². The molecule has 9 heteroatoms. The summed E-state index contributed by atoms with van der Waals surface area (Å²) in [7, 11) is 1.27.